The maximum atomic E-state index is 12.5. The first-order valence-corrected chi connectivity index (χ1v) is 9.68. The average Bonchev–Trinajstić information content (AvgIpc) is 3.14. The largest absolute Gasteiger partial charge is 0.349 e. The molecule has 3 rings (SSSR count). The van der Waals surface area contributed by atoms with Crippen LogP contribution in [0.1, 0.15) is 44.1 Å². The predicted molar refractivity (Wildman–Crippen MR) is 104 cm³/mol. The molecule has 2 heterocycles. The molecule has 1 N–H and O–H groups in total. The number of nitrogens with one attached hydrogen (secondary N) is 1. The Labute approximate surface area is 156 Å². The first kappa shape index (κ1) is 18.6. The van der Waals surface area contributed by atoms with Crippen LogP contribution in [0.5, 0.6) is 0 Å². The number of carbonyl (C=O) groups excluding carboxylic acids is 1. The fraction of sp³-hybridized carbons (Fsp3) is 0.524. The Hall–Kier alpha value is -2.14. The molecule has 1 atom stereocenters. The van der Waals surface area contributed by atoms with E-state index in [1.54, 1.807) is 10.7 Å². The summed E-state index contributed by atoms with van der Waals surface area (Å²) in [5.41, 5.74) is 1.41. The fourth-order valence-corrected chi connectivity index (χ4v) is 3.60. The molecule has 5 heteroatoms. The quantitative estimate of drug-likeness (QED) is 0.865. The Bertz CT molecular complexity index is 702. The van der Waals surface area contributed by atoms with Crippen LogP contribution in [0.2, 0.25) is 0 Å². The predicted octanol–water partition coefficient (Wildman–Crippen LogP) is 3.36. The number of hydrogen-bond acceptors (Lipinski definition) is 3. The third-order valence-corrected chi connectivity index (χ3v) is 5.37. The lowest BCUT2D eigenvalue weighted by Crippen LogP contribution is -2.49. The van der Waals surface area contributed by atoms with Crippen LogP contribution >= 0.6 is 0 Å². The molecule has 140 valence electrons. The first-order chi connectivity index (χ1) is 12.5. The third-order valence-electron chi connectivity index (χ3n) is 5.37. The molecule has 0 radical (unpaired) electrons. The van der Waals surface area contributed by atoms with E-state index in [0.29, 0.717) is 24.2 Å². The van der Waals surface area contributed by atoms with Crippen molar-refractivity contribution >= 4 is 5.91 Å². The summed E-state index contributed by atoms with van der Waals surface area (Å²) >= 11 is 0. The van der Waals surface area contributed by atoms with Gasteiger partial charge in [-0.3, -0.25) is 9.69 Å². The Morgan fingerprint density at radius 1 is 1.19 bits per heavy atom. The maximum absolute atomic E-state index is 12.5. The summed E-state index contributed by atoms with van der Waals surface area (Å²) < 4.78 is 1.74. The number of hydrogen-bond donors (Lipinski definition) is 1. The van der Waals surface area contributed by atoms with Gasteiger partial charge in [0.25, 0.3) is 5.91 Å². The number of piperidine rings is 1. The minimum Gasteiger partial charge on any atom is -0.349 e. The molecular weight excluding hydrogens is 324 g/mol. The lowest BCUT2D eigenvalue weighted by Gasteiger charge is -2.38. The molecule has 26 heavy (non-hydrogen) atoms. The van der Waals surface area contributed by atoms with Crippen molar-refractivity contribution in [1.82, 2.24) is 20.0 Å². The van der Waals surface area contributed by atoms with Gasteiger partial charge < -0.3 is 5.32 Å². The van der Waals surface area contributed by atoms with Gasteiger partial charge in [0.15, 0.2) is 5.69 Å². The molecule has 1 fully saturated rings. The molecule has 0 spiro atoms. The lowest BCUT2D eigenvalue weighted by molar-refractivity contribution is 0.0858. The van der Waals surface area contributed by atoms with Gasteiger partial charge in [0.05, 0.1) is 5.69 Å². The fourth-order valence-electron chi connectivity index (χ4n) is 3.60. The van der Waals surface area contributed by atoms with Crippen LogP contribution in [-0.4, -0.2) is 46.3 Å². The Morgan fingerprint density at radius 2 is 1.88 bits per heavy atom. The highest BCUT2D eigenvalue weighted by Gasteiger charge is 2.26. The number of amides is 1. The number of para-hydroxylation sites is 1. The zero-order valence-electron chi connectivity index (χ0n) is 16.1. The van der Waals surface area contributed by atoms with E-state index in [9.17, 15) is 4.79 Å². The van der Waals surface area contributed by atoms with Crippen molar-refractivity contribution in [3.05, 3.63) is 48.3 Å². The van der Waals surface area contributed by atoms with Crippen molar-refractivity contribution in [2.75, 3.05) is 19.6 Å². The summed E-state index contributed by atoms with van der Waals surface area (Å²) in [4.78, 5) is 15.1. The van der Waals surface area contributed by atoms with Crippen LogP contribution in [0.15, 0.2) is 42.6 Å². The van der Waals surface area contributed by atoms with Crippen molar-refractivity contribution in [1.29, 1.82) is 0 Å². The molecule has 1 unspecified atom stereocenters. The van der Waals surface area contributed by atoms with Gasteiger partial charge in [0.2, 0.25) is 0 Å². The molecule has 1 aromatic heterocycles. The van der Waals surface area contributed by atoms with Crippen LogP contribution in [-0.2, 0) is 0 Å². The number of nitrogens with zero attached hydrogens (tertiary/aromatic N) is 3. The highest BCUT2D eigenvalue weighted by Crippen LogP contribution is 2.21. The van der Waals surface area contributed by atoms with Gasteiger partial charge in [0, 0.05) is 18.8 Å². The second kappa shape index (κ2) is 8.49. The van der Waals surface area contributed by atoms with E-state index in [4.69, 9.17) is 0 Å². The average molecular weight is 354 g/mol. The first-order valence-electron chi connectivity index (χ1n) is 9.68. The van der Waals surface area contributed by atoms with Crippen molar-refractivity contribution in [3.63, 3.8) is 0 Å². The zero-order valence-corrected chi connectivity index (χ0v) is 16.1. The minimum absolute atomic E-state index is 0.101. The van der Waals surface area contributed by atoms with Crippen molar-refractivity contribution in [2.24, 2.45) is 11.8 Å². The maximum Gasteiger partial charge on any atom is 0.271 e. The molecule has 1 amide bonds. The summed E-state index contributed by atoms with van der Waals surface area (Å²) in [5, 5.41) is 7.51. The number of aromatic nitrogens is 2. The van der Waals surface area contributed by atoms with Crippen LogP contribution in [0.25, 0.3) is 5.69 Å². The Kier molecular flexibility index (Phi) is 6.09. The van der Waals surface area contributed by atoms with Gasteiger partial charge in [0.1, 0.15) is 0 Å². The molecule has 1 saturated heterocycles. The molecule has 1 aromatic carbocycles. The number of likely N-dealkylation sites (tertiary alicyclic amines) is 1. The van der Waals surface area contributed by atoms with E-state index in [1.807, 2.05) is 36.5 Å². The highest BCUT2D eigenvalue weighted by atomic mass is 16.1. The van der Waals surface area contributed by atoms with Gasteiger partial charge in [-0.2, -0.15) is 5.10 Å². The van der Waals surface area contributed by atoms with Gasteiger partial charge in [-0.25, -0.2) is 4.68 Å². The highest BCUT2D eigenvalue weighted by molar-refractivity contribution is 5.92. The molecule has 0 bridgehead atoms. The van der Waals surface area contributed by atoms with Crippen molar-refractivity contribution in [2.45, 2.75) is 39.7 Å². The zero-order chi connectivity index (χ0) is 18.5. The molecule has 1 aliphatic heterocycles. The van der Waals surface area contributed by atoms with E-state index in [0.717, 1.165) is 24.7 Å². The Balaban J connectivity index is 1.59. The summed E-state index contributed by atoms with van der Waals surface area (Å²) in [7, 11) is 0. The second-order valence-corrected chi connectivity index (χ2v) is 7.72. The van der Waals surface area contributed by atoms with Crippen LogP contribution in [0.3, 0.4) is 0 Å². The van der Waals surface area contributed by atoms with E-state index in [2.05, 4.69) is 36.1 Å². The van der Waals surface area contributed by atoms with E-state index < -0.39 is 0 Å². The summed E-state index contributed by atoms with van der Waals surface area (Å²) in [5.74, 6) is 1.22. The van der Waals surface area contributed by atoms with Crippen LogP contribution < -0.4 is 5.32 Å². The number of rotatable bonds is 6. The number of benzene rings is 1. The van der Waals surface area contributed by atoms with E-state index >= 15 is 0 Å². The molecule has 1 aliphatic rings. The monoisotopic (exact) mass is 354 g/mol. The molecule has 2 aromatic rings. The normalized spacial score (nSPS) is 17.4. The summed E-state index contributed by atoms with van der Waals surface area (Å²) in [6.45, 7) is 9.72. The van der Waals surface area contributed by atoms with Gasteiger partial charge in [-0.1, -0.05) is 39.0 Å². The topological polar surface area (TPSA) is 50.2 Å². The van der Waals surface area contributed by atoms with Crippen molar-refractivity contribution < 1.29 is 4.79 Å². The molecule has 5 nitrogen and oxygen atoms in total. The van der Waals surface area contributed by atoms with E-state index in [-0.39, 0.29) is 5.91 Å². The SMILES string of the molecule is CC1CCN(C(CNC(=O)c2ccn(-c3ccccc3)n2)C(C)C)CC1. The smallest absolute Gasteiger partial charge is 0.271 e. The van der Waals surface area contributed by atoms with Crippen LogP contribution in [0, 0.1) is 11.8 Å². The van der Waals surface area contributed by atoms with Crippen molar-refractivity contribution in [3.8, 4) is 5.69 Å². The summed E-state index contributed by atoms with van der Waals surface area (Å²) in [6, 6.07) is 12.0. The molecule has 0 aliphatic carbocycles. The van der Waals surface area contributed by atoms with E-state index in [1.165, 1.54) is 12.8 Å². The van der Waals surface area contributed by atoms with Gasteiger partial charge in [-0.15, -0.1) is 0 Å². The molecule has 0 saturated carbocycles. The van der Waals surface area contributed by atoms with Gasteiger partial charge in [-0.05, 0) is 56.0 Å². The molecular formula is C21H30N4O. The van der Waals surface area contributed by atoms with Gasteiger partial charge >= 0.3 is 0 Å². The number of carbonyl (C=O) groups is 1. The standard InChI is InChI=1S/C21H30N4O/c1-16(2)20(24-12-9-17(3)10-13-24)15-22-21(26)19-11-14-25(23-19)18-7-5-4-6-8-18/h4-8,11,14,16-17,20H,9-10,12-13,15H2,1-3H3,(H,22,26). The van der Waals surface area contributed by atoms with Crippen LogP contribution in [0.4, 0.5) is 0 Å². The minimum atomic E-state index is -0.101. The Morgan fingerprint density at radius 3 is 2.54 bits per heavy atom. The summed E-state index contributed by atoms with van der Waals surface area (Å²) in [6.07, 6.45) is 4.33. The second-order valence-electron chi connectivity index (χ2n) is 7.72. The third kappa shape index (κ3) is 4.52. The lowest BCUT2D eigenvalue weighted by atomic mass is 9.94.